The highest BCUT2D eigenvalue weighted by molar-refractivity contribution is 4.82. The molecule has 1 N–H and O–H groups in total. The second kappa shape index (κ2) is 9.82. The predicted octanol–water partition coefficient (Wildman–Crippen LogP) is 5.64. The van der Waals surface area contributed by atoms with Crippen molar-refractivity contribution in [3.8, 4) is 0 Å². The molecule has 1 saturated carbocycles. The van der Waals surface area contributed by atoms with Crippen LogP contribution in [0.5, 0.6) is 0 Å². The molecule has 0 heterocycles. The van der Waals surface area contributed by atoms with Crippen LogP contribution >= 0.6 is 0 Å². The van der Waals surface area contributed by atoms with Crippen molar-refractivity contribution < 1.29 is 0 Å². The molecular formula is C19H39N. The Hall–Kier alpha value is -0.0400. The molecule has 3 unspecified atom stereocenters. The molecular weight excluding hydrogens is 242 g/mol. The van der Waals surface area contributed by atoms with Crippen LogP contribution in [-0.4, -0.2) is 12.6 Å². The second-order valence-electron chi connectivity index (χ2n) is 7.88. The van der Waals surface area contributed by atoms with Crippen molar-refractivity contribution in [1.82, 2.24) is 5.32 Å². The Morgan fingerprint density at radius 2 is 1.75 bits per heavy atom. The van der Waals surface area contributed by atoms with E-state index in [4.69, 9.17) is 0 Å². The molecule has 0 radical (unpaired) electrons. The fraction of sp³-hybridized carbons (Fsp3) is 1.00. The standard InChI is InChI=1S/C19H39N/c1-6-8-17-11-12-19(14-20-16(4)5)18(13-17)10-7-9-15(2)3/h15-20H,6-14H2,1-5H3. The summed E-state index contributed by atoms with van der Waals surface area (Å²) in [5.41, 5.74) is 0. The Kier molecular flexibility index (Phi) is 8.84. The van der Waals surface area contributed by atoms with Crippen LogP contribution in [0, 0.1) is 23.7 Å². The first-order chi connectivity index (χ1) is 9.52. The van der Waals surface area contributed by atoms with Gasteiger partial charge in [0.1, 0.15) is 0 Å². The lowest BCUT2D eigenvalue weighted by Gasteiger charge is -2.37. The summed E-state index contributed by atoms with van der Waals surface area (Å²) in [4.78, 5) is 0. The molecule has 0 spiro atoms. The van der Waals surface area contributed by atoms with Crippen LogP contribution in [0.2, 0.25) is 0 Å². The van der Waals surface area contributed by atoms with Gasteiger partial charge >= 0.3 is 0 Å². The predicted molar refractivity (Wildman–Crippen MR) is 91.1 cm³/mol. The van der Waals surface area contributed by atoms with Crippen LogP contribution in [0.1, 0.15) is 86.0 Å². The minimum atomic E-state index is 0.639. The summed E-state index contributed by atoms with van der Waals surface area (Å²) in [5.74, 6) is 3.83. The summed E-state index contributed by atoms with van der Waals surface area (Å²) in [6.45, 7) is 12.9. The van der Waals surface area contributed by atoms with Crippen LogP contribution in [0.3, 0.4) is 0 Å². The molecule has 1 rings (SSSR count). The molecule has 0 bridgehead atoms. The van der Waals surface area contributed by atoms with Crippen LogP contribution < -0.4 is 5.32 Å². The normalized spacial score (nSPS) is 27.4. The third kappa shape index (κ3) is 7.11. The molecule has 0 saturated heterocycles. The largest absolute Gasteiger partial charge is 0.314 e. The first-order valence-corrected chi connectivity index (χ1v) is 9.26. The van der Waals surface area contributed by atoms with E-state index in [1.165, 1.54) is 57.9 Å². The Morgan fingerprint density at radius 1 is 1.00 bits per heavy atom. The highest BCUT2D eigenvalue weighted by Gasteiger charge is 2.29. The van der Waals surface area contributed by atoms with E-state index in [1.54, 1.807) is 0 Å². The maximum Gasteiger partial charge on any atom is 0.00104 e. The molecule has 1 aliphatic carbocycles. The van der Waals surface area contributed by atoms with Crippen LogP contribution in [0.4, 0.5) is 0 Å². The zero-order chi connectivity index (χ0) is 15.0. The van der Waals surface area contributed by atoms with Gasteiger partial charge in [0.05, 0.1) is 0 Å². The van der Waals surface area contributed by atoms with Gasteiger partial charge in [0.2, 0.25) is 0 Å². The summed E-state index contributed by atoms with van der Waals surface area (Å²) in [7, 11) is 0. The lowest BCUT2D eigenvalue weighted by atomic mass is 9.70. The van der Waals surface area contributed by atoms with Gasteiger partial charge in [-0.3, -0.25) is 0 Å². The van der Waals surface area contributed by atoms with E-state index in [0.29, 0.717) is 6.04 Å². The first kappa shape index (κ1) is 18.0. The zero-order valence-electron chi connectivity index (χ0n) is 14.8. The molecule has 0 amide bonds. The Labute approximate surface area is 128 Å². The van der Waals surface area contributed by atoms with Crippen LogP contribution in [-0.2, 0) is 0 Å². The summed E-state index contributed by atoms with van der Waals surface area (Å²) in [6, 6.07) is 0.639. The Morgan fingerprint density at radius 3 is 2.35 bits per heavy atom. The highest BCUT2D eigenvalue weighted by Crippen LogP contribution is 2.38. The van der Waals surface area contributed by atoms with E-state index >= 15 is 0 Å². The van der Waals surface area contributed by atoms with Crippen molar-refractivity contribution in [2.24, 2.45) is 23.7 Å². The fourth-order valence-electron chi connectivity index (χ4n) is 3.89. The molecule has 3 atom stereocenters. The van der Waals surface area contributed by atoms with E-state index in [9.17, 15) is 0 Å². The fourth-order valence-corrected chi connectivity index (χ4v) is 3.89. The molecule has 120 valence electrons. The van der Waals surface area contributed by atoms with Gasteiger partial charge in [-0.05, 0) is 43.1 Å². The van der Waals surface area contributed by atoms with E-state index in [0.717, 1.165) is 23.7 Å². The van der Waals surface area contributed by atoms with Gasteiger partial charge in [-0.2, -0.15) is 0 Å². The number of nitrogens with one attached hydrogen (secondary N) is 1. The smallest absolute Gasteiger partial charge is 0.00104 e. The second-order valence-corrected chi connectivity index (χ2v) is 7.88. The molecule has 0 aliphatic heterocycles. The maximum absolute atomic E-state index is 3.69. The quantitative estimate of drug-likeness (QED) is 0.576. The average Bonchev–Trinajstić information content (AvgIpc) is 2.37. The Balaban J connectivity index is 2.43. The average molecular weight is 282 g/mol. The van der Waals surface area contributed by atoms with Crippen molar-refractivity contribution in [3.05, 3.63) is 0 Å². The molecule has 20 heavy (non-hydrogen) atoms. The third-order valence-corrected chi connectivity index (χ3v) is 5.09. The van der Waals surface area contributed by atoms with Gasteiger partial charge in [0.25, 0.3) is 0 Å². The number of rotatable bonds is 9. The van der Waals surface area contributed by atoms with E-state index in [1.807, 2.05) is 0 Å². The summed E-state index contributed by atoms with van der Waals surface area (Å²) in [6.07, 6.45) is 11.6. The van der Waals surface area contributed by atoms with Crippen LogP contribution in [0.25, 0.3) is 0 Å². The molecule has 1 nitrogen and oxygen atoms in total. The first-order valence-electron chi connectivity index (χ1n) is 9.26. The third-order valence-electron chi connectivity index (χ3n) is 5.09. The monoisotopic (exact) mass is 281 g/mol. The van der Waals surface area contributed by atoms with Gasteiger partial charge in [0, 0.05) is 6.04 Å². The van der Waals surface area contributed by atoms with Crippen molar-refractivity contribution in [2.45, 2.75) is 92.0 Å². The van der Waals surface area contributed by atoms with Gasteiger partial charge in [-0.15, -0.1) is 0 Å². The van der Waals surface area contributed by atoms with Crippen molar-refractivity contribution >= 4 is 0 Å². The van der Waals surface area contributed by atoms with E-state index < -0.39 is 0 Å². The van der Waals surface area contributed by atoms with E-state index in [2.05, 4.69) is 39.9 Å². The number of hydrogen-bond acceptors (Lipinski definition) is 1. The van der Waals surface area contributed by atoms with E-state index in [-0.39, 0.29) is 0 Å². The zero-order valence-corrected chi connectivity index (χ0v) is 14.8. The molecule has 0 aromatic heterocycles. The lowest BCUT2D eigenvalue weighted by molar-refractivity contribution is 0.153. The van der Waals surface area contributed by atoms with Gasteiger partial charge in [-0.25, -0.2) is 0 Å². The van der Waals surface area contributed by atoms with Crippen molar-refractivity contribution in [1.29, 1.82) is 0 Å². The lowest BCUT2D eigenvalue weighted by Crippen LogP contribution is -2.36. The van der Waals surface area contributed by atoms with Gasteiger partial charge in [-0.1, -0.05) is 73.1 Å². The van der Waals surface area contributed by atoms with Crippen molar-refractivity contribution in [2.75, 3.05) is 6.54 Å². The number of hydrogen-bond donors (Lipinski definition) is 1. The molecule has 1 aliphatic rings. The minimum absolute atomic E-state index is 0.639. The summed E-state index contributed by atoms with van der Waals surface area (Å²) >= 11 is 0. The molecule has 1 heteroatoms. The molecule has 0 aromatic rings. The SMILES string of the molecule is CCCC1CCC(CNC(C)C)C(CCCC(C)C)C1. The topological polar surface area (TPSA) is 12.0 Å². The summed E-state index contributed by atoms with van der Waals surface area (Å²) in [5, 5.41) is 3.69. The molecule has 0 aromatic carbocycles. The summed E-state index contributed by atoms with van der Waals surface area (Å²) < 4.78 is 0. The highest BCUT2D eigenvalue weighted by atomic mass is 14.9. The Bertz CT molecular complexity index is 234. The minimum Gasteiger partial charge on any atom is -0.314 e. The maximum atomic E-state index is 3.69. The van der Waals surface area contributed by atoms with Gasteiger partial charge < -0.3 is 5.32 Å². The van der Waals surface area contributed by atoms with Crippen molar-refractivity contribution in [3.63, 3.8) is 0 Å². The van der Waals surface area contributed by atoms with Crippen LogP contribution in [0.15, 0.2) is 0 Å². The molecule has 1 fully saturated rings. The van der Waals surface area contributed by atoms with Gasteiger partial charge in [0.15, 0.2) is 0 Å².